The molecule has 0 spiro atoms. The Hall–Kier alpha value is -2.27. The highest BCUT2D eigenvalue weighted by atomic mass is 19.4. The van der Waals surface area contributed by atoms with Crippen LogP contribution in [-0.2, 0) is 25.7 Å². The second-order valence-electron chi connectivity index (χ2n) is 8.42. The number of halogens is 3. The normalized spacial score (nSPS) is 19.9. The van der Waals surface area contributed by atoms with E-state index in [1.165, 1.54) is 39.9 Å². The highest BCUT2D eigenvalue weighted by Gasteiger charge is 2.36. The molecule has 1 aliphatic heterocycles. The lowest BCUT2D eigenvalue weighted by molar-refractivity contribution is -0.138. The maximum absolute atomic E-state index is 13.5. The summed E-state index contributed by atoms with van der Waals surface area (Å²) in [5.41, 5.74) is 5.18. The van der Waals surface area contributed by atoms with Gasteiger partial charge in [-0.2, -0.15) is 13.2 Å². The quantitative estimate of drug-likeness (QED) is 0.495. The smallest absolute Gasteiger partial charge is 0.343 e. The van der Waals surface area contributed by atoms with Crippen molar-refractivity contribution in [3.8, 4) is 0 Å². The molecule has 0 bridgehead atoms. The van der Waals surface area contributed by atoms with Gasteiger partial charge >= 0.3 is 6.18 Å². The van der Waals surface area contributed by atoms with Crippen molar-refractivity contribution in [2.75, 3.05) is 6.54 Å². The van der Waals surface area contributed by atoms with Crippen LogP contribution in [0.5, 0.6) is 0 Å². The van der Waals surface area contributed by atoms with Crippen LogP contribution in [0.15, 0.2) is 42.5 Å². The van der Waals surface area contributed by atoms with Gasteiger partial charge in [0.05, 0.1) is 11.6 Å². The first-order valence-corrected chi connectivity index (χ1v) is 10.4. The molecule has 2 nitrogen and oxygen atoms in total. The summed E-state index contributed by atoms with van der Waals surface area (Å²) in [7, 11) is 0. The molecule has 0 amide bonds. The minimum Gasteiger partial charge on any atom is -0.343 e. The Morgan fingerprint density at radius 1 is 1.03 bits per heavy atom. The SMILES string of the molecule is Cc1ccc2c(c1)c1c3n2CCCN(Cc2ccccc2C(F)(F)F)[C@@H]3CCC1. The van der Waals surface area contributed by atoms with Gasteiger partial charge < -0.3 is 4.57 Å². The molecule has 5 heteroatoms. The maximum atomic E-state index is 13.5. The molecule has 0 saturated heterocycles. The molecule has 3 aromatic rings. The molecule has 2 aliphatic rings. The zero-order valence-corrected chi connectivity index (χ0v) is 16.6. The lowest BCUT2D eigenvalue weighted by atomic mass is 9.90. The van der Waals surface area contributed by atoms with Crippen LogP contribution in [0, 0.1) is 6.92 Å². The van der Waals surface area contributed by atoms with Gasteiger partial charge in [0.25, 0.3) is 0 Å². The number of nitrogens with zero attached hydrogens (tertiary/aromatic N) is 2. The van der Waals surface area contributed by atoms with Gasteiger partial charge in [0, 0.05) is 36.2 Å². The second kappa shape index (κ2) is 6.91. The molecule has 0 saturated carbocycles. The summed E-state index contributed by atoms with van der Waals surface area (Å²) in [6.45, 7) is 4.23. The summed E-state index contributed by atoms with van der Waals surface area (Å²) in [5.74, 6) is 0. The molecule has 5 rings (SSSR count). The van der Waals surface area contributed by atoms with Gasteiger partial charge in [-0.05, 0) is 61.9 Å². The van der Waals surface area contributed by atoms with Crippen molar-refractivity contribution in [2.24, 2.45) is 0 Å². The zero-order chi connectivity index (χ0) is 20.2. The standard InChI is InChI=1S/C24H25F3N2/c1-16-10-11-21-19(14-16)18-7-4-9-22-23(18)29(21)13-5-12-28(22)15-17-6-2-3-8-20(17)24(25,26)27/h2-3,6,8,10-11,14,22H,4-5,7,9,12-13,15H2,1H3/t22-/m1/s1. The molecule has 1 atom stereocenters. The van der Waals surface area contributed by atoms with E-state index >= 15 is 0 Å². The topological polar surface area (TPSA) is 8.17 Å². The van der Waals surface area contributed by atoms with Gasteiger partial charge in [-0.25, -0.2) is 0 Å². The van der Waals surface area contributed by atoms with Crippen molar-refractivity contribution < 1.29 is 13.2 Å². The predicted octanol–water partition coefficient (Wildman–Crippen LogP) is 6.25. The highest BCUT2D eigenvalue weighted by molar-refractivity contribution is 5.86. The fourth-order valence-electron chi connectivity index (χ4n) is 5.34. The van der Waals surface area contributed by atoms with E-state index in [1.54, 1.807) is 12.1 Å². The molecular weight excluding hydrogens is 373 g/mol. The third-order valence-electron chi connectivity index (χ3n) is 6.55. The largest absolute Gasteiger partial charge is 0.416 e. The van der Waals surface area contributed by atoms with Crippen molar-refractivity contribution in [1.29, 1.82) is 0 Å². The van der Waals surface area contributed by atoms with E-state index in [9.17, 15) is 13.2 Å². The molecule has 2 heterocycles. The van der Waals surface area contributed by atoms with Crippen molar-refractivity contribution in [1.82, 2.24) is 9.47 Å². The Kier molecular flexibility index (Phi) is 4.46. The maximum Gasteiger partial charge on any atom is 0.416 e. The van der Waals surface area contributed by atoms with E-state index < -0.39 is 11.7 Å². The van der Waals surface area contributed by atoms with E-state index in [0.717, 1.165) is 38.8 Å². The summed E-state index contributed by atoms with van der Waals surface area (Å²) in [6.07, 6.45) is -0.203. The fraction of sp³-hybridized carbons (Fsp3) is 0.417. The van der Waals surface area contributed by atoms with Gasteiger partial charge in [0.2, 0.25) is 0 Å². The first-order valence-electron chi connectivity index (χ1n) is 10.4. The van der Waals surface area contributed by atoms with Gasteiger partial charge in [0.1, 0.15) is 0 Å². The third kappa shape index (κ3) is 3.16. The van der Waals surface area contributed by atoms with Crippen LogP contribution in [0.1, 0.15) is 53.3 Å². The minimum atomic E-state index is -4.31. The predicted molar refractivity (Wildman–Crippen MR) is 109 cm³/mol. The van der Waals surface area contributed by atoms with Crippen molar-refractivity contribution >= 4 is 10.9 Å². The Bertz CT molecular complexity index is 1060. The number of benzene rings is 2. The molecular formula is C24H25F3N2. The van der Waals surface area contributed by atoms with Crippen LogP contribution in [-0.4, -0.2) is 16.0 Å². The van der Waals surface area contributed by atoms with Gasteiger partial charge in [0.15, 0.2) is 0 Å². The highest BCUT2D eigenvalue weighted by Crippen LogP contribution is 2.43. The zero-order valence-electron chi connectivity index (χ0n) is 16.6. The molecule has 29 heavy (non-hydrogen) atoms. The fourth-order valence-corrected chi connectivity index (χ4v) is 5.34. The van der Waals surface area contributed by atoms with Crippen LogP contribution in [0.3, 0.4) is 0 Å². The van der Waals surface area contributed by atoms with Crippen molar-refractivity contribution in [3.05, 3.63) is 70.4 Å². The van der Waals surface area contributed by atoms with Crippen molar-refractivity contribution in [3.63, 3.8) is 0 Å². The first-order chi connectivity index (χ1) is 13.9. The average Bonchev–Trinajstić information content (AvgIpc) is 2.87. The number of hydrogen-bond donors (Lipinski definition) is 0. The number of alkyl halides is 3. The van der Waals surface area contributed by atoms with Crippen LogP contribution < -0.4 is 0 Å². The van der Waals surface area contributed by atoms with Crippen molar-refractivity contribution in [2.45, 2.75) is 57.9 Å². The van der Waals surface area contributed by atoms with E-state index in [4.69, 9.17) is 0 Å². The summed E-state index contributed by atoms with van der Waals surface area (Å²) < 4.78 is 43.0. The van der Waals surface area contributed by atoms with Gasteiger partial charge in [-0.15, -0.1) is 0 Å². The van der Waals surface area contributed by atoms with Gasteiger partial charge in [-0.1, -0.05) is 29.8 Å². The average molecular weight is 398 g/mol. The molecule has 0 radical (unpaired) electrons. The summed E-state index contributed by atoms with van der Waals surface area (Å²) in [5, 5.41) is 1.34. The van der Waals surface area contributed by atoms with Crippen LogP contribution in [0.25, 0.3) is 10.9 Å². The lowest BCUT2D eigenvalue weighted by Gasteiger charge is -2.34. The summed E-state index contributed by atoms with van der Waals surface area (Å²) >= 11 is 0. The van der Waals surface area contributed by atoms with Crippen LogP contribution in [0.2, 0.25) is 0 Å². The number of fused-ring (bicyclic) bond motifs is 3. The molecule has 152 valence electrons. The summed E-state index contributed by atoms with van der Waals surface area (Å²) in [6, 6.07) is 12.9. The summed E-state index contributed by atoms with van der Waals surface area (Å²) in [4.78, 5) is 2.29. The number of hydrogen-bond acceptors (Lipinski definition) is 1. The third-order valence-corrected chi connectivity index (χ3v) is 6.55. The Labute approximate surface area is 168 Å². The minimum absolute atomic E-state index is 0.190. The molecule has 1 aromatic heterocycles. The molecule has 0 unspecified atom stereocenters. The van der Waals surface area contributed by atoms with E-state index in [1.807, 2.05) is 0 Å². The lowest BCUT2D eigenvalue weighted by Crippen LogP contribution is -2.31. The van der Waals surface area contributed by atoms with E-state index in [2.05, 4.69) is 34.6 Å². The van der Waals surface area contributed by atoms with Crippen LogP contribution in [0.4, 0.5) is 13.2 Å². The second-order valence-corrected chi connectivity index (χ2v) is 8.42. The Balaban J connectivity index is 1.58. The van der Waals surface area contributed by atoms with E-state index in [0.29, 0.717) is 12.1 Å². The number of aryl methyl sites for hydroxylation is 3. The molecule has 2 aromatic carbocycles. The van der Waals surface area contributed by atoms with E-state index in [-0.39, 0.29) is 6.04 Å². The van der Waals surface area contributed by atoms with Gasteiger partial charge in [-0.3, -0.25) is 4.90 Å². The monoisotopic (exact) mass is 398 g/mol. The Morgan fingerprint density at radius 3 is 2.69 bits per heavy atom. The number of rotatable bonds is 2. The molecule has 0 fully saturated rings. The Morgan fingerprint density at radius 2 is 1.86 bits per heavy atom. The first kappa shape index (κ1) is 18.7. The van der Waals surface area contributed by atoms with Crippen LogP contribution >= 0.6 is 0 Å². The molecule has 0 N–H and O–H groups in total. The number of aromatic nitrogens is 1. The molecule has 1 aliphatic carbocycles.